The van der Waals surface area contributed by atoms with E-state index < -0.39 is 0 Å². The van der Waals surface area contributed by atoms with E-state index in [2.05, 4.69) is 228 Å². The first-order valence-corrected chi connectivity index (χ1v) is 30.9. The Morgan fingerprint density at radius 3 is 1.63 bits per heavy atom. The van der Waals surface area contributed by atoms with Crippen LogP contribution in [0.4, 0.5) is 17.1 Å². The molecule has 0 N–H and O–H groups in total. The second-order valence-corrected chi connectivity index (χ2v) is 32.7. The molecular formula is C76H94BN. The van der Waals surface area contributed by atoms with Gasteiger partial charge < -0.3 is 4.90 Å². The Morgan fingerprint density at radius 1 is 0.436 bits per heavy atom. The van der Waals surface area contributed by atoms with Gasteiger partial charge in [0.05, 0.1) is 0 Å². The highest BCUT2D eigenvalue weighted by Gasteiger charge is 2.59. The lowest BCUT2D eigenvalue weighted by atomic mass is 9.30. The lowest BCUT2D eigenvalue weighted by Gasteiger charge is -2.49. The third-order valence-electron chi connectivity index (χ3n) is 23.6. The molecule has 7 aliphatic rings. The van der Waals surface area contributed by atoms with E-state index in [1.807, 2.05) is 0 Å². The normalized spacial score (nSPS) is 26.7. The van der Waals surface area contributed by atoms with Crippen LogP contribution in [0.25, 0.3) is 0 Å². The summed E-state index contributed by atoms with van der Waals surface area (Å²) in [7, 11) is 0. The Labute approximate surface area is 473 Å². The van der Waals surface area contributed by atoms with Crippen LogP contribution in [0.5, 0.6) is 0 Å². The van der Waals surface area contributed by atoms with Gasteiger partial charge in [0.1, 0.15) is 0 Å². The summed E-state index contributed by atoms with van der Waals surface area (Å²) in [6, 6.07) is 37.4. The van der Waals surface area contributed by atoms with Crippen molar-refractivity contribution in [2.75, 3.05) is 4.90 Å². The Bertz CT molecular complexity index is 3580. The molecule has 1 nitrogen and oxygen atoms in total. The van der Waals surface area contributed by atoms with Crippen molar-refractivity contribution in [1.82, 2.24) is 0 Å². The maximum atomic E-state index is 2.82. The number of benzene rings is 6. The minimum Gasteiger partial charge on any atom is -0.311 e. The molecule has 2 heteroatoms. The smallest absolute Gasteiger partial charge is 0.247 e. The highest BCUT2D eigenvalue weighted by Crippen LogP contribution is 2.67. The fourth-order valence-electron chi connectivity index (χ4n) is 18.7. The van der Waals surface area contributed by atoms with Gasteiger partial charge in [-0.05, 0) is 233 Å². The van der Waals surface area contributed by atoms with E-state index in [-0.39, 0.29) is 61.4 Å². The molecule has 0 radical (unpaired) electrons. The van der Waals surface area contributed by atoms with Crippen LogP contribution >= 0.6 is 0 Å². The van der Waals surface area contributed by atoms with E-state index in [1.54, 1.807) is 27.8 Å². The molecule has 1 fully saturated rings. The number of hydrogen-bond acceptors (Lipinski definition) is 1. The molecule has 13 rings (SSSR count). The summed E-state index contributed by atoms with van der Waals surface area (Å²) in [6.07, 6.45) is 11.1. The van der Waals surface area contributed by atoms with Gasteiger partial charge >= 0.3 is 0 Å². The van der Waals surface area contributed by atoms with Crippen molar-refractivity contribution >= 4 is 40.2 Å². The lowest BCUT2D eigenvalue weighted by molar-refractivity contribution is 0.0923. The molecule has 0 spiro atoms. The molecule has 4 unspecified atom stereocenters. The van der Waals surface area contributed by atoms with Crippen molar-refractivity contribution in [1.29, 1.82) is 0 Å². The number of aryl methyl sites for hydroxylation is 3. The van der Waals surface area contributed by atoms with Crippen molar-refractivity contribution in [3.8, 4) is 0 Å². The van der Waals surface area contributed by atoms with Crippen molar-refractivity contribution in [2.24, 2.45) is 5.41 Å². The standard InChI is InChI=1S/C76H94BN/c1-44-33-52-65(50-39-56-54(35-45(50)2)69(7,8)29-30-70(56,9)10)51-37-47(66-49-25-24-48(68(4,5)6)38-53(49)75(19)27-21-22-28-76(66,75)20)23-26-60(51)77-61-40-57-58(72(13,14)32-31-71(57,11)12)42-63(61)78(64(34-44)67(52)77)62-41-59-55(36-46(62)3)73(15,16)43-74(59,17)18/h23-26,33-42,65-66H,21-22,27-32,43H2,1-20H3. The van der Waals surface area contributed by atoms with Crippen LogP contribution in [-0.2, 0) is 43.3 Å². The minimum absolute atomic E-state index is 0.0638. The van der Waals surface area contributed by atoms with Gasteiger partial charge in [-0.1, -0.05) is 203 Å². The first-order chi connectivity index (χ1) is 36.2. The molecule has 4 atom stereocenters. The molecule has 0 bridgehead atoms. The van der Waals surface area contributed by atoms with Gasteiger partial charge in [-0.3, -0.25) is 0 Å². The van der Waals surface area contributed by atoms with E-state index in [4.69, 9.17) is 0 Å². The van der Waals surface area contributed by atoms with Crippen molar-refractivity contribution in [3.05, 3.63) is 174 Å². The molecule has 0 aromatic heterocycles. The van der Waals surface area contributed by atoms with Crippen LogP contribution in [0.2, 0.25) is 0 Å². The molecule has 5 aliphatic carbocycles. The second kappa shape index (κ2) is 16.2. The molecule has 6 aromatic carbocycles. The van der Waals surface area contributed by atoms with Crippen LogP contribution < -0.4 is 21.3 Å². The van der Waals surface area contributed by atoms with Gasteiger partial charge in [0.2, 0.25) is 6.71 Å². The largest absolute Gasteiger partial charge is 0.311 e. The summed E-state index contributed by atoms with van der Waals surface area (Å²) in [5.74, 6) is 0.390. The number of nitrogens with zero attached hydrogens (tertiary/aromatic N) is 1. The third kappa shape index (κ3) is 7.17. The third-order valence-corrected chi connectivity index (χ3v) is 23.6. The maximum Gasteiger partial charge on any atom is 0.247 e. The van der Waals surface area contributed by atoms with Gasteiger partial charge in [0, 0.05) is 28.9 Å². The van der Waals surface area contributed by atoms with E-state index in [1.165, 1.54) is 146 Å². The van der Waals surface area contributed by atoms with Crippen LogP contribution in [-0.4, -0.2) is 6.71 Å². The number of anilines is 3. The maximum absolute atomic E-state index is 2.82. The van der Waals surface area contributed by atoms with Gasteiger partial charge in [-0.2, -0.15) is 0 Å². The van der Waals surface area contributed by atoms with Crippen LogP contribution in [0, 0.1) is 26.2 Å². The second-order valence-electron chi connectivity index (χ2n) is 32.7. The number of hydrogen-bond donors (Lipinski definition) is 0. The SMILES string of the molecule is Cc1cc2c3c(c1)N(c1cc4c(cc1C)C(C)(C)CC4(C)C)c1cc4c(cc1B3c1ccc(C3c5ccc(C(C)(C)C)cc5C5(C)CCCCC35C)cc1C2c1cc2c(cc1C)C(C)(C)CCC2(C)C)C(C)(C)CCC4(C)C. The van der Waals surface area contributed by atoms with E-state index in [9.17, 15) is 0 Å². The predicted octanol–water partition coefficient (Wildman–Crippen LogP) is 18.3. The van der Waals surface area contributed by atoms with Gasteiger partial charge in [0.25, 0.3) is 0 Å². The lowest BCUT2D eigenvalue weighted by Crippen LogP contribution is -2.62. The molecule has 406 valence electrons. The van der Waals surface area contributed by atoms with E-state index in [0.29, 0.717) is 5.92 Å². The van der Waals surface area contributed by atoms with E-state index >= 15 is 0 Å². The molecule has 6 aromatic rings. The Morgan fingerprint density at radius 2 is 0.987 bits per heavy atom. The fraction of sp³-hybridized carbons (Fsp3) is 0.526. The minimum atomic E-state index is 0.0638. The van der Waals surface area contributed by atoms with Crippen molar-refractivity contribution < 1.29 is 0 Å². The molecular weight excluding hydrogens is 938 g/mol. The van der Waals surface area contributed by atoms with Crippen LogP contribution in [0.15, 0.2) is 84.9 Å². The Balaban J connectivity index is 1.13. The Kier molecular flexibility index (Phi) is 10.9. The highest BCUT2D eigenvalue weighted by molar-refractivity contribution is 6.99. The van der Waals surface area contributed by atoms with Crippen molar-refractivity contribution in [3.63, 3.8) is 0 Å². The summed E-state index contributed by atoms with van der Waals surface area (Å²) in [4.78, 5) is 2.81. The quantitative estimate of drug-likeness (QED) is 0.159. The summed E-state index contributed by atoms with van der Waals surface area (Å²) < 4.78 is 0. The average molecular weight is 1030 g/mol. The highest BCUT2D eigenvalue weighted by atomic mass is 15.2. The molecule has 2 heterocycles. The van der Waals surface area contributed by atoms with E-state index in [0.717, 1.165) is 6.42 Å². The first-order valence-electron chi connectivity index (χ1n) is 30.9. The molecule has 0 amide bonds. The Hall–Kier alpha value is -4.82. The molecule has 2 aliphatic heterocycles. The van der Waals surface area contributed by atoms with Crippen LogP contribution in [0.1, 0.15) is 276 Å². The molecule has 0 saturated heterocycles. The number of fused-ring (bicyclic) bond motifs is 10. The monoisotopic (exact) mass is 1030 g/mol. The van der Waals surface area contributed by atoms with Gasteiger partial charge in [-0.15, -0.1) is 0 Å². The average Bonchev–Trinajstić information content (AvgIpc) is 2.72. The topological polar surface area (TPSA) is 3.24 Å². The molecule has 1 saturated carbocycles. The summed E-state index contributed by atoms with van der Waals surface area (Å²) in [5.41, 5.74) is 33.7. The summed E-state index contributed by atoms with van der Waals surface area (Å²) in [6.45, 7) is 50.1. The fourth-order valence-corrected chi connectivity index (χ4v) is 18.7. The number of rotatable bonds is 3. The zero-order valence-electron chi connectivity index (χ0n) is 52.1. The first kappa shape index (κ1) is 52.6. The van der Waals surface area contributed by atoms with Crippen molar-refractivity contribution in [2.45, 2.75) is 251 Å². The van der Waals surface area contributed by atoms with Gasteiger partial charge in [0.15, 0.2) is 0 Å². The zero-order chi connectivity index (χ0) is 55.8. The van der Waals surface area contributed by atoms with Crippen LogP contribution in [0.3, 0.4) is 0 Å². The summed E-state index contributed by atoms with van der Waals surface area (Å²) in [5, 5.41) is 0. The summed E-state index contributed by atoms with van der Waals surface area (Å²) >= 11 is 0. The van der Waals surface area contributed by atoms with Gasteiger partial charge in [-0.25, -0.2) is 0 Å². The predicted molar refractivity (Wildman–Crippen MR) is 336 cm³/mol. The molecule has 78 heavy (non-hydrogen) atoms. The zero-order valence-corrected chi connectivity index (χ0v) is 52.1.